The molecule has 2 atom stereocenters. The number of amides is 2. The lowest BCUT2D eigenvalue weighted by Gasteiger charge is -2.19. The first-order chi connectivity index (χ1) is 14.1. The number of anilines is 1. The molecule has 1 N–H and O–H groups in total. The first-order valence-corrected chi connectivity index (χ1v) is 9.66. The van der Waals surface area contributed by atoms with E-state index in [0.29, 0.717) is 24.4 Å². The van der Waals surface area contributed by atoms with E-state index < -0.39 is 5.56 Å². The highest BCUT2D eigenvalue weighted by Gasteiger charge is 2.49. The summed E-state index contributed by atoms with van der Waals surface area (Å²) < 4.78 is 6.99. The average Bonchev–Trinajstić information content (AvgIpc) is 3.26. The van der Waals surface area contributed by atoms with Crippen molar-refractivity contribution in [2.45, 2.75) is 32.3 Å². The SMILES string of the molecule is O=C1[C@@H]2CCCC[C@H]2C(=O)N1c1cc(=O)[nH]c2nc(COc3ccccc3)nn12. The average molecular weight is 393 g/mol. The number of ether oxygens (including phenoxy) is 1. The largest absolute Gasteiger partial charge is 0.486 e. The first kappa shape index (κ1) is 17.6. The molecule has 2 amide bonds. The molecule has 2 fully saturated rings. The third-order valence-electron chi connectivity index (χ3n) is 5.54. The zero-order valence-electron chi connectivity index (χ0n) is 15.6. The van der Waals surface area contributed by atoms with Gasteiger partial charge in [-0.3, -0.25) is 19.4 Å². The Morgan fingerprint density at radius 3 is 2.41 bits per heavy atom. The fourth-order valence-corrected chi connectivity index (χ4v) is 4.19. The van der Waals surface area contributed by atoms with E-state index in [1.54, 1.807) is 0 Å². The van der Waals surface area contributed by atoms with Crippen LogP contribution in [0.25, 0.3) is 5.78 Å². The smallest absolute Gasteiger partial charge is 0.254 e. The van der Waals surface area contributed by atoms with Crippen molar-refractivity contribution in [2.75, 3.05) is 4.90 Å². The normalized spacial score (nSPS) is 21.6. The van der Waals surface area contributed by atoms with Crippen molar-refractivity contribution >= 4 is 23.4 Å². The van der Waals surface area contributed by atoms with Crippen molar-refractivity contribution < 1.29 is 14.3 Å². The molecule has 2 aromatic heterocycles. The second-order valence-electron chi connectivity index (χ2n) is 7.37. The van der Waals surface area contributed by atoms with Crippen LogP contribution in [0.4, 0.5) is 5.82 Å². The maximum Gasteiger partial charge on any atom is 0.254 e. The van der Waals surface area contributed by atoms with Gasteiger partial charge in [0.15, 0.2) is 11.6 Å². The topological polar surface area (TPSA) is 110 Å². The van der Waals surface area contributed by atoms with Crippen LogP contribution in [0.1, 0.15) is 31.5 Å². The Labute approximate surface area is 165 Å². The Balaban J connectivity index is 1.51. The molecule has 9 nitrogen and oxygen atoms in total. The van der Waals surface area contributed by atoms with Gasteiger partial charge in [0.1, 0.15) is 12.4 Å². The Morgan fingerprint density at radius 1 is 1.03 bits per heavy atom. The Hall–Kier alpha value is -3.49. The summed E-state index contributed by atoms with van der Waals surface area (Å²) in [4.78, 5) is 46.0. The van der Waals surface area contributed by atoms with Crippen molar-refractivity contribution in [1.29, 1.82) is 0 Å². The number of nitrogens with zero attached hydrogens (tertiary/aromatic N) is 4. The lowest BCUT2D eigenvalue weighted by atomic mass is 9.81. The number of aromatic nitrogens is 4. The molecule has 3 aromatic rings. The number of benzene rings is 1. The van der Waals surface area contributed by atoms with E-state index in [2.05, 4.69) is 15.1 Å². The minimum Gasteiger partial charge on any atom is -0.486 e. The van der Waals surface area contributed by atoms with Gasteiger partial charge >= 0.3 is 0 Å². The molecule has 1 aliphatic carbocycles. The second kappa shape index (κ2) is 6.84. The van der Waals surface area contributed by atoms with Gasteiger partial charge in [-0.25, -0.2) is 4.90 Å². The molecule has 9 heteroatoms. The molecule has 1 aliphatic heterocycles. The summed E-state index contributed by atoms with van der Waals surface area (Å²) in [6.45, 7) is 0.0836. The zero-order valence-corrected chi connectivity index (χ0v) is 15.6. The molecule has 1 saturated carbocycles. The monoisotopic (exact) mass is 393 g/mol. The van der Waals surface area contributed by atoms with Gasteiger partial charge in [0.05, 0.1) is 11.8 Å². The highest BCUT2D eigenvalue weighted by molar-refractivity contribution is 6.21. The number of hydrogen-bond acceptors (Lipinski definition) is 6. The summed E-state index contributed by atoms with van der Waals surface area (Å²) in [6, 6.07) is 10.4. The van der Waals surface area contributed by atoms with E-state index in [0.717, 1.165) is 17.7 Å². The molecule has 0 spiro atoms. The van der Waals surface area contributed by atoms with Crippen molar-refractivity contribution in [2.24, 2.45) is 11.8 Å². The number of hydrogen-bond donors (Lipinski definition) is 1. The van der Waals surface area contributed by atoms with Gasteiger partial charge < -0.3 is 4.74 Å². The third kappa shape index (κ3) is 2.98. The van der Waals surface area contributed by atoms with Crippen LogP contribution in [0.5, 0.6) is 5.75 Å². The molecule has 3 heterocycles. The van der Waals surface area contributed by atoms with Crippen LogP contribution in [0.3, 0.4) is 0 Å². The minimum absolute atomic E-state index is 0.0836. The fraction of sp³-hybridized carbons (Fsp3) is 0.350. The van der Waals surface area contributed by atoms with Gasteiger partial charge in [0.25, 0.3) is 5.56 Å². The molecule has 1 aromatic carbocycles. The van der Waals surface area contributed by atoms with Gasteiger partial charge in [-0.15, -0.1) is 5.10 Å². The number of carbonyl (C=O) groups is 2. The number of para-hydroxylation sites is 1. The summed E-state index contributed by atoms with van der Waals surface area (Å²) in [6.07, 6.45) is 3.27. The van der Waals surface area contributed by atoms with E-state index in [4.69, 9.17) is 4.74 Å². The number of carbonyl (C=O) groups excluding carboxylic acids is 2. The van der Waals surface area contributed by atoms with E-state index in [1.807, 2.05) is 30.3 Å². The van der Waals surface area contributed by atoms with Gasteiger partial charge in [0, 0.05) is 6.07 Å². The van der Waals surface area contributed by atoms with Crippen molar-refractivity contribution in [1.82, 2.24) is 19.6 Å². The maximum absolute atomic E-state index is 12.9. The van der Waals surface area contributed by atoms with Gasteiger partial charge in [-0.1, -0.05) is 31.0 Å². The highest BCUT2D eigenvalue weighted by atomic mass is 16.5. The predicted molar refractivity (Wildman–Crippen MR) is 102 cm³/mol. The molecule has 148 valence electrons. The van der Waals surface area contributed by atoms with Crippen molar-refractivity contribution in [3.8, 4) is 5.75 Å². The quantitative estimate of drug-likeness (QED) is 0.676. The lowest BCUT2D eigenvalue weighted by molar-refractivity contribution is -0.122. The van der Waals surface area contributed by atoms with E-state index >= 15 is 0 Å². The number of H-pyrrole nitrogens is 1. The number of rotatable bonds is 4. The molecule has 0 unspecified atom stereocenters. The summed E-state index contributed by atoms with van der Waals surface area (Å²) >= 11 is 0. The van der Waals surface area contributed by atoms with Crippen LogP contribution in [-0.2, 0) is 16.2 Å². The summed E-state index contributed by atoms with van der Waals surface area (Å²) in [5.74, 6) is 0.141. The standard InChI is InChI=1S/C20H19N5O4/c26-16-10-17(24-18(27)13-8-4-5-9-14(13)19(24)28)25-20(22-16)21-15(23-25)11-29-12-6-2-1-3-7-12/h1-3,6-7,10,13-14H,4-5,8-9,11H2,(H,21,22,23,26)/t13-,14-/m1/s1. The molecule has 0 radical (unpaired) electrons. The fourth-order valence-electron chi connectivity index (χ4n) is 4.19. The first-order valence-electron chi connectivity index (χ1n) is 9.66. The Bertz CT molecular complexity index is 1130. The second-order valence-corrected chi connectivity index (χ2v) is 7.37. The summed E-state index contributed by atoms with van der Waals surface area (Å²) in [7, 11) is 0. The van der Waals surface area contributed by atoms with Gasteiger partial charge in [0.2, 0.25) is 17.6 Å². The third-order valence-corrected chi connectivity index (χ3v) is 5.54. The minimum atomic E-state index is -0.453. The van der Waals surface area contributed by atoms with Crippen LogP contribution in [0.15, 0.2) is 41.2 Å². The molecule has 5 rings (SSSR count). The lowest BCUT2D eigenvalue weighted by Crippen LogP contribution is -2.34. The van der Waals surface area contributed by atoms with E-state index in [1.165, 1.54) is 10.6 Å². The predicted octanol–water partition coefficient (Wildman–Crippen LogP) is 1.68. The molecule has 0 bridgehead atoms. The Morgan fingerprint density at radius 2 is 1.72 bits per heavy atom. The van der Waals surface area contributed by atoms with Crippen LogP contribution in [-0.4, -0.2) is 31.4 Å². The van der Waals surface area contributed by atoms with Crippen LogP contribution in [0, 0.1) is 11.8 Å². The summed E-state index contributed by atoms with van der Waals surface area (Å²) in [5, 5.41) is 4.36. The van der Waals surface area contributed by atoms with Crippen molar-refractivity contribution in [3.05, 3.63) is 52.6 Å². The van der Waals surface area contributed by atoms with Gasteiger partial charge in [-0.05, 0) is 25.0 Å². The number of aromatic amines is 1. The molecule has 2 aliphatic rings. The molecular formula is C20H19N5O4. The van der Waals surface area contributed by atoms with Crippen LogP contribution >= 0.6 is 0 Å². The number of nitrogens with one attached hydrogen (secondary N) is 1. The van der Waals surface area contributed by atoms with Crippen LogP contribution in [0.2, 0.25) is 0 Å². The van der Waals surface area contributed by atoms with E-state index in [-0.39, 0.29) is 41.9 Å². The van der Waals surface area contributed by atoms with Crippen LogP contribution < -0.4 is 15.2 Å². The van der Waals surface area contributed by atoms with Gasteiger partial charge in [-0.2, -0.15) is 9.50 Å². The van der Waals surface area contributed by atoms with E-state index in [9.17, 15) is 14.4 Å². The number of fused-ring (bicyclic) bond motifs is 2. The summed E-state index contributed by atoms with van der Waals surface area (Å²) in [5.41, 5.74) is -0.453. The zero-order chi connectivity index (χ0) is 20.0. The molecule has 1 saturated heterocycles. The highest BCUT2D eigenvalue weighted by Crippen LogP contribution is 2.39. The molecule has 29 heavy (non-hydrogen) atoms. The Kier molecular flexibility index (Phi) is 4.15. The molecular weight excluding hydrogens is 374 g/mol. The van der Waals surface area contributed by atoms with Crippen molar-refractivity contribution in [3.63, 3.8) is 0 Å². The number of imide groups is 1. The maximum atomic E-state index is 12.9.